The second-order valence-electron chi connectivity index (χ2n) is 7.56. The van der Waals surface area contributed by atoms with Crippen LogP contribution in [0.5, 0.6) is 0 Å². The fourth-order valence-corrected chi connectivity index (χ4v) is 3.98. The molecule has 0 spiro atoms. The van der Waals surface area contributed by atoms with E-state index in [-0.39, 0.29) is 17.8 Å². The Balaban J connectivity index is 1.80. The van der Waals surface area contributed by atoms with Gasteiger partial charge in [-0.25, -0.2) is 4.39 Å². The van der Waals surface area contributed by atoms with Crippen LogP contribution >= 0.6 is 0 Å². The molecule has 0 aliphatic carbocycles. The van der Waals surface area contributed by atoms with E-state index in [1.54, 1.807) is 6.07 Å². The van der Waals surface area contributed by atoms with Crippen molar-refractivity contribution in [2.24, 2.45) is 7.05 Å². The lowest BCUT2D eigenvalue weighted by molar-refractivity contribution is -0.131. The molecular weight excluding hydrogens is 345 g/mol. The molecule has 0 bridgehead atoms. The summed E-state index contributed by atoms with van der Waals surface area (Å²) in [5.41, 5.74) is 3.25. The van der Waals surface area contributed by atoms with E-state index in [0.29, 0.717) is 32.5 Å². The topological polar surface area (TPSA) is 56.2 Å². The van der Waals surface area contributed by atoms with Crippen molar-refractivity contribution in [2.45, 2.75) is 51.5 Å². The molecule has 0 saturated carbocycles. The van der Waals surface area contributed by atoms with Gasteiger partial charge in [-0.05, 0) is 63.3 Å². The molecule has 1 saturated heterocycles. The Bertz CT molecular complexity index is 825. The molecular formula is C21H28FN3O2. The molecule has 0 unspecified atom stereocenters. The van der Waals surface area contributed by atoms with Gasteiger partial charge in [0.25, 0.3) is 0 Å². The van der Waals surface area contributed by atoms with Crippen molar-refractivity contribution >= 4 is 5.91 Å². The van der Waals surface area contributed by atoms with Gasteiger partial charge in [0, 0.05) is 32.0 Å². The number of benzene rings is 1. The van der Waals surface area contributed by atoms with Crippen molar-refractivity contribution in [2.75, 3.05) is 13.2 Å². The number of amides is 1. The van der Waals surface area contributed by atoms with Crippen molar-refractivity contribution in [3.05, 3.63) is 52.6 Å². The number of carbonyl (C=O) groups is 1. The largest absolute Gasteiger partial charge is 0.381 e. The van der Waals surface area contributed by atoms with Crippen molar-refractivity contribution in [3.8, 4) is 0 Å². The van der Waals surface area contributed by atoms with E-state index in [4.69, 9.17) is 4.74 Å². The predicted octanol–water partition coefficient (Wildman–Crippen LogP) is 2.97. The van der Waals surface area contributed by atoms with Crippen molar-refractivity contribution < 1.29 is 13.9 Å². The fraction of sp³-hybridized carbons (Fsp3) is 0.524. The number of ether oxygens (including phenoxy) is 1. The molecule has 1 aromatic heterocycles. The van der Waals surface area contributed by atoms with Crippen LogP contribution in [0.2, 0.25) is 0 Å². The van der Waals surface area contributed by atoms with Crippen LogP contribution in [0.1, 0.15) is 42.3 Å². The Morgan fingerprint density at radius 2 is 2.07 bits per heavy atom. The number of halogens is 1. The molecule has 1 aromatic carbocycles. The van der Waals surface area contributed by atoms with E-state index in [1.807, 2.05) is 38.6 Å². The number of nitrogens with one attached hydrogen (secondary N) is 1. The molecule has 27 heavy (non-hydrogen) atoms. The molecule has 2 heterocycles. The minimum atomic E-state index is -0.742. The minimum Gasteiger partial charge on any atom is -0.381 e. The molecule has 1 N–H and O–H groups in total. The maximum atomic E-state index is 13.8. The van der Waals surface area contributed by atoms with Crippen LogP contribution < -0.4 is 5.32 Å². The van der Waals surface area contributed by atoms with E-state index in [9.17, 15) is 9.18 Å². The lowest BCUT2D eigenvalue weighted by Crippen LogP contribution is -2.50. The van der Waals surface area contributed by atoms with Gasteiger partial charge in [0.1, 0.15) is 5.82 Å². The second-order valence-corrected chi connectivity index (χ2v) is 7.56. The maximum Gasteiger partial charge on any atom is 0.231 e. The smallest absolute Gasteiger partial charge is 0.231 e. The SMILES string of the molecule is Cc1nn(C)c(C)c1C[C@H](C)NC(=O)C1(c2cccc(F)c2)CCOCC1. The lowest BCUT2D eigenvalue weighted by atomic mass is 9.73. The minimum absolute atomic E-state index is 0.0487. The van der Waals surface area contributed by atoms with Crippen LogP contribution in [-0.4, -0.2) is 34.9 Å². The molecule has 3 rings (SSSR count). The summed E-state index contributed by atoms with van der Waals surface area (Å²) in [6.45, 7) is 7.03. The van der Waals surface area contributed by atoms with Crippen LogP contribution in [0.4, 0.5) is 4.39 Å². The van der Waals surface area contributed by atoms with Gasteiger partial charge in [-0.15, -0.1) is 0 Å². The normalized spacial score (nSPS) is 17.5. The summed E-state index contributed by atoms with van der Waals surface area (Å²) < 4.78 is 21.2. The van der Waals surface area contributed by atoms with Crippen LogP contribution in [-0.2, 0) is 28.4 Å². The zero-order chi connectivity index (χ0) is 19.6. The Hall–Kier alpha value is -2.21. The first-order chi connectivity index (χ1) is 12.8. The third-order valence-electron chi connectivity index (χ3n) is 5.70. The first kappa shape index (κ1) is 19.5. The number of hydrogen-bond acceptors (Lipinski definition) is 3. The van der Waals surface area contributed by atoms with E-state index in [2.05, 4.69) is 10.4 Å². The molecule has 1 aliphatic rings. The Labute approximate surface area is 159 Å². The molecule has 6 heteroatoms. The monoisotopic (exact) mass is 373 g/mol. The first-order valence-corrected chi connectivity index (χ1v) is 9.47. The van der Waals surface area contributed by atoms with Gasteiger partial charge >= 0.3 is 0 Å². The maximum absolute atomic E-state index is 13.8. The average molecular weight is 373 g/mol. The van der Waals surface area contributed by atoms with Crippen molar-refractivity contribution in [1.29, 1.82) is 0 Å². The van der Waals surface area contributed by atoms with Gasteiger partial charge in [0.2, 0.25) is 5.91 Å². The van der Waals surface area contributed by atoms with Crippen molar-refractivity contribution in [3.63, 3.8) is 0 Å². The number of aromatic nitrogens is 2. The molecule has 0 radical (unpaired) electrons. The standard InChI is InChI=1S/C21H28FN3O2/c1-14(12-19-15(2)24-25(4)16(19)3)23-20(26)21(8-10-27-11-9-21)17-6-5-7-18(22)13-17/h5-7,13-14H,8-12H2,1-4H3,(H,23,26)/t14-/m0/s1. The highest BCUT2D eigenvalue weighted by Crippen LogP contribution is 2.35. The van der Waals surface area contributed by atoms with Gasteiger partial charge in [-0.2, -0.15) is 5.10 Å². The third kappa shape index (κ3) is 3.90. The second kappa shape index (κ2) is 7.80. The summed E-state index contributed by atoms with van der Waals surface area (Å²) in [4.78, 5) is 13.3. The van der Waals surface area contributed by atoms with Crippen LogP contribution in [0.15, 0.2) is 24.3 Å². The van der Waals surface area contributed by atoms with Gasteiger partial charge in [0.15, 0.2) is 0 Å². The van der Waals surface area contributed by atoms with Gasteiger partial charge in [-0.3, -0.25) is 9.48 Å². The summed E-state index contributed by atoms with van der Waals surface area (Å²) in [6.07, 6.45) is 1.83. The van der Waals surface area contributed by atoms with Crippen LogP contribution in [0.25, 0.3) is 0 Å². The lowest BCUT2D eigenvalue weighted by Gasteiger charge is -2.37. The van der Waals surface area contributed by atoms with Gasteiger partial charge in [0.05, 0.1) is 11.1 Å². The Morgan fingerprint density at radius 1 is 1.37 bits per heavy atom. The number of nitrogens with zero attached hydrogens (tertiary/aromatic N) is 2. The molecule has 5 nitrogen and oxygen atoms in total. The highest BCUT2D eigenvalue weighted by atomic mass is 19.1. The van der Waals surface area contributed by atoms with Gasteiger partial charge in [-0.1, -0.05) is 12.1 Å². The summed E-state index contributed by atoms with van der Waals surface area (Å²) >= 11 is 0. The number of rotatable bonds is 5. The van der Waals surface area contributed by atoms with E-state index < -0.39 is 5.41 Å². The number of aryl methyl sites for hydroxylation is 2. The Morgan fingerprint density at radius 3 is 2.67 bits per heavy atom. The zero-order valence-electron chi connectivity index (χ0n) is 16.5. The summed E-state index contributed by atoms with van der Waals surface area (Å²) in [6, 6.07) is 6.35. The summed E-state index contributed by atoms with van der Waals surface area (Å²) in [5, 5.41) is 7.62. The molecule has 1 atom stereocenters. The molecule has 146 valence electrons. The number of hydrogen-bond donors (Lipinski definition) is 1. The summed E-state index contributed by atoms with van der Waals surface area (Å²) in [7, 11) is 1.93. The van der Waals surface area contributed by atoms with Crippen molar-refractivity contribution in [1.82, 2.24) is 15.1 Å². The fourth-order valence-electron chi connectivity index (χ4n) is 3.98. The predicted molar refractivity (Wildman–Crippen MR) is 102 cm³/mol. The number of carbonyl (C=O) groups excluding carboxylic acids is 1. The van der Waals surface area contributed by atoms with Crippen LogP contribution in [0, 0.1) is 19.7 Å². The summed E-state index contributed by atoms with van der Waals surface area (Å²) in [5.74, 6) is -0.371. The van der Waals surface area contributed by atoms with Gasteiger partial charge < -0.3 is 10.1 Å². The highest BCUT2D eigenvalue weighted by Gasteiger charge is 2.42. The highest BCUT2D eigenvalue weighted by molar-refractivity contribution is 5.88. The van der Waals surface area contributed by atoms with Crippen LogP contribution in [0.3, 0.4) is 0 Å². The molecule has 1 fully saturated rings. The average Bonchev–Trinajstić information content (AvgIpc) is 2.88. The van der Waals surface area contributed by atoms with E-state index in [1.165, 1.54) is 12.1 Å². The van der Waals surface area contributed by atoms with E-state index in [0.717, 1.165) is 22.5 Å². The third-order valence-corrected chi connectivity index (χ3v) is 5.70. The Kier molecular flexibility index (Phi) is 5.65. The first-order valence-electron chi connectivity index (χ1n) is 9.47. The molecule has 1 amide bonds. The molecule has 1 aliphatic heterocycles. The van der Waals surface area contributed by atoms with E-state index >= 15 is 0 Å². The molecule has 2 aromatic rings. The zero-order valence-corrected chi connectivity index (χ0v) is 16.5. The quantitative estimate of drug-likeness (QED) is 0.877.